The zero-order valence-corrected chi connectivity index (χ0v) is 15.0. The first-order valence-electron chi connectivity index (χ1n) is 9.37. The lowest BCUT2D eigenvalue weighted by molar-refractivity contribution is 0.270. The molecular formula is C24H24N2. The van der Waals surface area contributed by atoms with Gasteiger partial charge >= 0.3 is 0 Å². The van der Waals surface area contributed by atoms with Crippen molar-refractivity contribution in [2.45, 2.75) is 32.4 Å². The Kier molecular flexibility index (Phi) is 5.11. The van der Waals surface area contributed by atoms with Gasteiger partial charge in [0.2, 0.25) is 0 Å². The maximum Gasteiger partial charge on any atom is 0.0680 e. The SMILES string of the molecule is c1ccc(CN(Cc2ccccc2)/N=C2/CCCc3ccccc32)cc1. The third kappa shape index (κ3) is 4.02. The lowest BCUT2D eigenvalue weighted by Crippen LogP contribution is -2.21. The van der Waals surface area contributed by atoms with Gasteiger partial charge in [-0.3, -0.25) is 5.01 Å². The molecule has 3 aromatic rings. The molecule has 0 radical (unpaired) electrons. The van der Waals surface area contributed by atoms with Crippen LogP contribution in [0.25, 0.3) is 0 Å². The Labute approximate surface area is 155 Å². The van der Waals surface area contributed by atoms with Crippen LogP contribution in [-0.4, -0.2) is 10.7 Å². The van der Waals surface area contributed by atoms with E-state index in [4.69, 9.17) is 5.10 Å². The minimum absolute atomic E-state index is 0.821. The van der Waals surface area contributed by atoms with Crippen LogP contribution in [0.5, 0.6) is 0 Å². The summed E-state index contributed by atoms with van der Waals surface area (Å²) in [6.07, 6.45) is 3.39. The third-order valence-electron chi connectivity index (χ3n) is 4.87. The fourth-order valence-electron chi connectivity index (χ4n) is 3.59. The molecule has 2 heteroatoms. The average molecular weight is 340 g/mol. The van der Waals surface area contributed by atoms with Crippen molar-refractivity contribution < 1.29 is 0 Å². The standard InChI is InChI=1S/C24H24N2/c1-3-10-20(11-4-1)18-26(19-21-12-5-2-6-13-21)25-24-17-9-15-22-14-7-8-16-23(22)24/h1-8,10-14,16H,9,15,17-19H2/b25-24-. The van der Waals surface area contributed by atoms with Gasteiger partial charge in [0.05, 0.1) is 18.8 Å². The predicted octanol–water partition coefficient (Wildman–Crippen LogP) is 5.43. The smallest absolute Gasteiger partial charge is 0.0680 e. The van der Waals surface area contributed by atoms with E-state index in [0.29, 0.717) is 0 Å². The lowest BCUT2D eigenvalue weighted by Gasteiger charge is -2.24. The zero-order chi connectivity index (χ0) is 17.6. The van der Waals surface area contributed by atoms with Crippen molar-refractivity contribution in [1.29, 1.82) is 0 Å². The second-order valence-electron chi connectivity index (χ2n) is 6.85. The molecule has 3 aromatic carbocycles. The topological polar surface area (TPSA) is 15.6 Å². The molecule has 1 aliphatic carbocycles. The highest BCUT2D eigenvalue weighted by Crippen LogP contribution is 2.23. The van der Waals surface area contributed by atoms with Crippen LogP contribution in [0.1, 0.15) is 35.1 Å². The predicted molar refractivity (Wildman–Crippen MR) is 108 cm³/mol. The highest BCUT2D eigenvalue weighted by atomic mass is 15.4. The molecule has 0 unspecified atom stereocenters. The van der Waals surface area contributed by atoms with E-state index in [0.717, 1.165) is 25.9 Å². The minimum Gasteiger partial charge on any atom is -0.288 e. The first-order chi connectivity index (χ1) is 12.9. The van der Waals surface area contributed by atoms with Gasteiger partial charge in [-0.1, -0.05) is 84.9 Å². The summed E-state index contributed by atoms with van der Waals surface area (Å²) in [6.45, 7) is 1.64. The van der Waals surface area contributed by atoms with Crippen molar-refractivity contribution in [3.63, 3.8) is 0 Å². The van der Waals surface area contributed by atoms with Crippen molar-refractivity contribution >= 4 is 5.71 Å². The molecule has 0 spiro atoms. The Hall–Kier alpha value is -2.87. The largest absolute Gasteiger partial charge is 0.288 e. The fraction of sp³-hybridized carbons (Fsp3) is 0.208. The van der Waals surface area contributed by atoms with Crippen LogP contribution in [0, 0.1) is 0 Å². The van der Waals surface area contributed by atoms with Crippen molar-refractivity contribution in [3.8, 4) is 0 Å². The average Bonchev–Trinajstić information content (AvgIpc) is 2.70. The maximum atomic E-state index is 5.12. The molecule has 0 atom stereocenters. The molecule has 130 valence electrons. The molecule has 1 aliphatic rings. The second-order valence-corrected chi connectivity index (χ2v) is 6.85. The van der Waals surface area contributed by atoms with Crippen LogP contribution in [-0.2, 0) is 19.5 Å². The quantitative estimate of drug-likeness (QED) is 0.566. The molecule has 0 bridgehead atoms. The van der Waals surface area contributed by atoms with Gasteiger partial charge in [-0.05, 0) is 36.0 Å². The first kappa shape index (κ1) is 16.6. The van der Waals surface area contributed by atoms with Crippen LogP contribution < -0.4 is 0 Å². The van der Waals surface area contributed by atoms with Crippen molar-refractivity contribution in [2.24, 2.45) is 5.10 Å². The highest BCUT2D eigenvalue weighted by Gasteiger charge is 2.16. The molecule has 26 heavy (non-hydrogen) atoms. The Balaban J connectivity index is 1.64. The summed E-state index contributed by atoms with van der Waals surface area (Å²) in [5.41, 5.74) is 6.55. The van der Waals surface area contributed by atoms with Crippen LogP contribution in [0.2, 0.25) is 0 Å². The van der Waals surface area contributed by atoms with Crippen molar-refractivity contribution in [2.75, 3.05) is 0 Å². The molecule has 4 rings (SSSR count). The van der Waals surface area contributed by atoms with Crippen LogP contribution in [0.15, 0.2) is 90.0 Å². The van der Waals surface area contributed by atoms with E-state index in [2.05, 4.69) is 89.9 Å². The zero-order valence-electron chi connectivity index (χ0n) is 15.0. The van der Waals surface area contributed by atoms with E-state index in [1.54, 1.807) is 0 Å². The molecule has 0 heterocycles. The van der Waals surface area contributed by atoms with E-state index in [1.807, 2.05) is 0 Å². The lowest BCUT2D eigenvalue weighted by atomic mass is 9.90. The number of aryl methyl sites for hydroxylation is 1. The van der Waals surface area contributed by atoms with Gasteiger partial charge in [0.15, 0.2) is 0 Å². The van der Waals surface area contributed by atoms with Crippen LogP contribution >= 0.6 is 0 Å². The summed E-state index contributed by atoms with van der Waals surface area (Å²) >= 11 is 0. The van der Waals surface area contributed by atoms with Crippen LogP contribution in [0.4, 0.5) is 0 Å². The summed E-state index contributed by atoms with van der Waals surface area (Å²) in [5, 5.41) is 7.33. The number of benzene rings is 3. The minimum atomic E-state index is 0.821. The van der Waals surface area contributed by atoms with E-state index >= 15 is 0 Å². The van der Waals surface area contributed by atoms with Gasteiger partial charge in [-0.25, -0.2) is 0 Å². The molecule has 0 saturated heterocycles. The Morgan fingerprint density at radius 1 is 0.654 bits per heavy atom. The molecule has 0 fully saturated rings. The number of rotatable bonds is 5. The molecule has 0 aromatic heterocycles. The van der Waals surface area contributed by atoms with E-state index in [9.17, 15) is 0 Å². The summed E-state index contributed by atoms with van der Waals surface area (Å²) < 4.78 is 0. The van der Waals surface area contributed by atoms with Gasteiger partial charge in [0.1, 0.15) is 0 Å². The molecule has 2 nitrogen and oxygen atoms in total. The highest BCUT2D eigenvalue weighted by molar-refractivity contribution is 6.02. The van der Waals surface area contributed by atoms with Gasteiger partial charge in [-0.2, -0.15) is 5.10 Å². The van der Waals surface area contributed by atoms with Gasteiger partial charge in [0, 0.05) is 5.56 Å². The van der Waals surface area contributed by atoms with Crippen molar-refractivity contribution in [1.82, 2.24) is 5.01 Å². The number of nitrogens with zero attached hydrogens (tertiary/aromatic N) is 2. The molecule has 0 aliphatic heterocycles. The molecule has 0 saturated carbocycles. The van der Waals surface area contributed by atoms with Crippen LogP contribution in [0.3, 0.4) is 0 Å². The molecule has 0 amide bonds. The number of hydrogen-bond acceptors (Lipinski definition) is 2. The Bertz CT molecular complexity index is 827. The maximum absolute atomic E-state index is 5.12. The fourth-order valence-corrected chi connectivity index (χ4v) is 3.59. The monoisotopic (exact) mass is 340 g/mol. The van der Waals surface area contributed by atoms with Gasteiger partial charge in [-0.15, -0.1) is 0 Å². The summed E-state index contributed by atoms with van der Waals surface area (Å²) in [6, 6.07) is 29.9. The molecule has 0 N–H and O–H groups in total. The number of hydrazone groups is 1. The van der Waals surface area contributed by atoms with Gasteiger partial charge < -0.3 is 0 Å². The Morgan fingerprint density at radius 3 is 1.88 bits per heavy atom. The van der Waals surface area contributed by atoms with E-state index in [-0.39, 0.29) is 0 Å². The Morgan fingerprint density at radius 2 is 1.23 bits per heavy atom. The summed E-state index contributed by atoms with van der Waals surface area (Å²) in [7, 11) is 0. The van der Waals surface area contributed by atoms with Crippen molar-refractivity contribution in [3.05, 3.63) is 107 Å². The van der Waals surface area contributed by atoms with E-state index < -0.39 is 0 Å². The van der Waals surface area contributed by atoms with E-state index in [1.165, 1.54) is 34.4 Å². The first-order valence-corrected chi connectivity index (χ1v) is 9.37. The number of fused-ring (bicyclic) bond motifs is 1. The molecular weight excluding hydrogens is 316 g/mol. The summed E-state index contributed by atoms with van der Waals surface area (Å²) in [5.74, 6) is 0. The number of hydrogen-bond donors (Lipinski definition) is 0. The normalized spacial score (nSPS) is 14.8. The third-order valence-corrected chi connectivity index (χ3v) is 4.87. The second kappa shape index (κ2) is 8.01. The van der Waals surface area contributed by atoms with Gasteiger partial charge in [0.25, 0.3) is 0 Å². The summed E-state index contributed by atoms with van der Waals surface area (Å²) in [4.78, 5) is 0.